The van der Waals surface area contributed by atoms with E-state index in [-0.39, 0.29) is 10.6 Å². The molecular formula is C20H20ClN3O2. The molecule has 0 aliphatic carbocycles. The second-order valence-corrected chi connectivity index (χ2v) is 6.26. The van der Waals surface area contributed by atoms with Gasteiger partial charge < -0.3 is 9.64 Å². The van der Waals surface area contributed by atoms with Crippen LogP contribution in [0.25, 0.3) is 5.69 Å². The van der Waals surface area contributed by atoms with E-state index in [1.807, 2.05) is 66.5 Å². The van der Waals surface area contributed by atoms with Crippen molar-refractivity contribution in [1.29, 1.82) is 0 Å². The maximum Gasteiger partial charge on any atom is 0.292 e. The van der Waals surface area contributed by atoms with Crippen molar-refractivity contribution in [3.05, 3.63) is 81.7 Å². The van der Waals surface area contributed by atoms with Gasteiger partial charge in [-0.2, -0.15) is 9.78 Å². The zero-order valence-electron chi connectivity index (χ0n) is 14.7. The lowest BCUT2D eigenvalue weighted by molar-refractivity contribution is 0.409. The van der Waals surface area contributed by atoms with Crippen molar-refractivity contribution >= 4 is 17.3 Å². The van der Waals surface area contributed by atoms with Crippen molar-refractivity contribution in [3.63, 3.8) is 0 Å². The van der Waals surface area contributed by atoms with Gasteiger partial charge >= 0.3 is 0 Å². The van der Waals surface area contributed by atoms with Gasteiger partial charge in [0.15, 0.2) is 0 Å². The monoisotopic (exact) mass is 369 g/mol. The Balaban J connectivity index is 1.81. The molecule has 0 saturated heterocycles. The first-order valence-electron chi connectivity index (χ1n) is 8.28. The Hall–Kier alpha value is -2.79. The summed E-state index contributed by atoms with van der Waals surface area (Å²) in [5.74, 6) is 0.851. The number of likely N-dealkylation sites (N-methyl/N-ethyl adjacent to an activating group) is 1. The fourth-order valence-electron chi connectivity index (χ4n) is 2.76. The highest BCUT2D eigenvalue weighted by molar-refractivity contribution is 6.33. The van der Waals surface area contributed by atoms with E-state index in [0.29, 0.717) is 17.9 Å². The van der Waals surface area contributed by atoms with Crippen molar-refractivity contribution in [1.82, 2.24) is 9.78 Å². The van der Waals surface area contributed by atoms with Crippen molar-refractivity contribution in [2.75, 3.05) is 25.6 Å². The average Bonchev–Trinajstić information content (AvgIpc) is 2.69. The molecule has 0 fully saturated rings. The molecule has 1 aromatic heterocycles. The molecule has 6 heteroatoms. The zero-order chi connectivity index (χ0) is 18.5. The first kappa shape index (κ1) is 18.0. The molecule has 134 valence electrons. The van der Waals surface area contributed by atoms with E-state index in [2.05, 4.69) is 5.10 Å². The Labute approximate surface area is 157 Å². The molecule has 0 radical (unpaired) electrons. The predicted octanol–water partition coefficient (Wildman–Crippen LogP) is 3.57. The average molecular weight is 370 g/mol. The molecule has 0 amide bonds. The van der Waals surface area contributed by atoms with Gasteiger partial charge in [0.25, 0.3) is 5.56 Å². The van der Waals surface area contributed by atoms with E-state index in [0.717, 1.165) is 17.7 Å². The molecule has 0 aliphatic heterocycles. The lowest BCUT2D eigenvalue weighted by Crippen LogP contribution is -2.27. The summed E-state index contributed by atoms with van der Waals surface area (Å²) in [5.41, 5.74) is 2.06. The molecule has 0 spiro atoms. The van der Waals surface area contributed by atoms with Crippen LogP contribution in [0.5, 0.6) is 5.75 Å². The summed E-state index contributed by atoms with van der Waals surface area (Å²) in [6, 6.07) is 17.1. The van der Waals surface area contributed by atoms with Gasteiger partial charge in [0.05, 0.1) is 24.7 Å². The van der Waals surface area contributed by atoms with Crippen LogP contribution < -0.4 is 15.2 Å². The zero-order valence-corrected chi connectivity index (χ0v) is 15.5. The van der Waals surface area contributed by atoms with E-state index in [4.69, 9.17) is 16.3 Å². The van der Waals surface area contributed by atoms with Crippen molar-refractivity contribution in [3.8, 4) is 11.4 Å². The normalized spacial score (nSPS) is 10.6. The van der Waals surface area contributed by atoms with Gasteiger partial charge in [-0.25, -0.2) is 0 Å². The summed E-state index contributed by atoms with van der Waals surface area (Å²) >= 11 is 6.34. The Morgan fingerprint density at radius 3 is 2.54 bits per heavy atom. The van der Waals surface area contributed by atoms with Crippen LogP contribution in [0, 0.1) is 0 Å². The summed E-state index contributed by atoms with van der Waals surface area (Å²) in [5, 5.41) is 4.43. The van der Waals surface area contributed by atoms with E-state index in [1.165, 1.54) is 4.68 Å². The van der Waals surface area contributed by atoms with Crippen LogP contribution in [0.15, 0.2) is 65.6 Å². The molecule has 0 aliphatic rings. The molecule has 3 aromatic rings. The van der Waals surface area contributed by atoms with Gasteiger partial charge in [-0.05, 0) is 30.2 Å². The van der Waals surface area contributed by atoms with Crippen LogP contribution >= 0.6 is 11.6 Å². The number of methoxy groups -OCH3 is 1. The summed E-state index contributed by atoms with van der Waals surface area (Å²) in [6.07, 6.45) is 2.39. The van der Waals surface area contributed by atoms with Gasteiger partial charge in [0, 0.05) is 13.6 Å². The van der Waals surface area contributed by atoms with Crippen molar-refractivity contribution in [2.45, 2.75) is 6.42 Å². The minimum absolute atomic E-state index is 0.159. The number of halogens is 1. The maximum atomic E-state index is 12.6. The first-order chi connectivity index (χ1) is 12.6. The van der Waals surface area contributed by atoms with Crippen LogP contribution in [0.4, 0.5) is 5.69 Å². The molecule has 0 bridgehead atoms. The van der Waals surface area contributed by atoms with Gasteiger partial charge in [-0.15, -0.1) is 0 Å². The van der Waals surface area contributed by atoms with Crippen LogP contribution in [0.3, 0.4) is 0 Å². The van der Waals surface area contributed by atoms with E-state index in [9.17, 15) is 4.79 Å². The maximum absolute atomic E-state index is 12.6. The first-order valence-corrected chi connectivity index (χ1v) is 8.66. The molecule has 0 N–H and O–H groups in total. The third-order valence-corrected chi connectivity index (χ3v) is 4.58. The lowest BCUT2D eigenvalue weighted by Gasteiger charge is -2.21. The smallest absolute Gasteiger partial charge is 0.292 e. The molecule has 0 atom stereocenters. The van der Waals surface area contributed by atoms with E-state index in [1.54, 1.807) is 13.3 Å². The molecule has 26 heavy (non-hydrogen) atoms. The highest BCUT2D eigenvalue weighted by atomic mass is 35.5. The second-order valence-electron chi connectivity index (χ2n) is 5.88. The summed E-state index contributed by atoms with van der Waals surface area (Å²) < 4.78 is 6.69. The topological polar surface area (TPSA) is 47.4 Å². The van der Waals surface area contributed by atoms with Crippen LogP contribution in [0.2, 0.25) is 5.02 Å². The SMILES string of the molecule is COc1ccccc1CCN(C)c1cnn(-c2ccccc2)c(=O)c1Cl. The molecule has 2 aromatic carbocycles. The molecule has 0 saturated carbocycles. The Bertz CT molecular complexity index is 941. The van der Waals surface area contributed by atoms with Crippen LogP contribution in [-0.4, -0.2) is 30.5 Å². The van der Waals surface area contributed by atoms with E-state index < -0.39 is 0 Å². The number of ether oxygens (including phenoxy) is 1. The van der Waals surface area contributed by atoms with Gasteiger partial charge in [-0.1, -0.05) is 48.0 Å². The second kappa shape index (κ2) is 8.06. The van der Waals surface area contributed by atoms with Gasteiger partial charge in [0.2, 0.25) is 0 Å². The van der Waals surface area contributed by atoms with Crippen LogP contribution in [-0.2, 0) is 6.42 Å². The fourth-order valence-corrected chi connectivity index (χ4v) is 3.03. The van der Waals surface area contributed by atoms with Gasteiger partial charge in [0.1, 0.15) is 10.8 Å². The number of rotatable bonds is 6. The number of hydrogen-bond donors (Lipinski definition) is 0. The Kier molecular flexibility index (Phi) is 5.58. The van der Waals surface area contributed by atoms with E-state index >= 15 is 0 Å². The third kappa shape index (κ3) is 3.73. The fraction of sp³-hybridized carbons (Fsp3) is 0.200. The number of anilines is 1. The highest BCUT2D eigenvalue weighted by Crippen LogP contribution is 2.22. The summed E-state index contributed by atoms with van der Waals surface area (Å²) in [7, 11) is 3.55. The summed E-state index contributed by atoms with van der Waals surface area (Å²) in [6.45, 7) is 0.677. The number of para-hydroxylation sites is 2. The standard InChI is InChI=1S/C20H20ClN3O2/c1-23(13-12-15-8-6-7-11-18(15)26-2)17-14-22-24(20(25)19(17)21)16-9-4-3-5-10-16/h3-11,14H,12-13H2,1-2H3. The predicted molar refractivity (Wildman–Crippen MR) is 105 cm³/mol. The number of benzene rings is 2. The molecular weight excluding hydrogens is 350 g/mol. The summed E-state index contributed by atoms with van der Waals surface area (Å²) in [4.78, 5) is 14.5. The molecule has 0 unspecified atom stereocenters. The van der Waals surface area contributed by atoms with Crippen molar-refractivity contribution < 1.29 is 4.74 Å². The number of aromatic nitrogens is 2. The number of nitrogens with zero attached hydrogens (tertiary/aromatic N) is 3. The highest BCUT2D eigenvalue weighted by Gasteiger charge is 2.14. The molecule has 3 rings (SSSR count). The van der Waals surface area contributed by atoms with Crippen LogP contribution in [0.1, 0.15) is 5.56 Å². The lowest BCUT2D eigenvalue weighted by atomic mass is 10.1. The quantitative estimate of drug-likeness (QED) is 0.666. The largest absolute Gasteiger partial charge is 0.496 e. The minimum Gasteiger partial charge on any atom is -0.496 e. The minimum atomic E-state index is -0.334. The Morgan fingerprint density at radius 2 is 1.81 bits per heavy atom. The van der Waals surface area contributed by atoms with Crippen molar-refractivity contribution in [2.24, 2.45) is 0 Å². The molecule has 1 heterocycles. The third-order valence-electron chi connectivity index (χ3n) is 4.22. The number of hydrogen-bond acceptors (Lipinski definition) is 4. The molecule has 5 nitrogen and oxygen atoms in total. The van der Waals surface area contributed by atoms with Gasteiger partial charge in [-0.3, -0.25) is 4.79 Å². The Morgan fingerprint density at radius 1 is 1.12 bits per heavy atom.